The van der Waals surface area contributed by atoms with Crippen LogP contribution in [0.3, 0.4) is 0 Å². The number of rotatable bonds is 7. The molecular formula is C21H25N3O4S. The first-order chi connectivity index (χ1) is 14.1. The van der Waals surface area contributed by atoms with Crippen molar-refractivity contribution in [2.45, 2.75) is 26.3 Å². The largest absolute Gasteiger partial charge is 0.465 e. The number of furan rings is 1. The summed E-state index contributed by atoms with van der Waals surface area (Å²) in [5.74, 6) is 2.89. The highest BCUT2D eigenvalue weighted by molar-refractivity contribution is 7.13. The minimum Gasteiger partial charge on any atom is -0.465 e. The first-order valence-corrected chi connectivity index (χ1v) is 10.6. The van der Waals surface area contributed by atoms with Crippen LogP contribution in [0.25, 0.3) is 10.8 Å². The van der Waals surface area contributed by atoms with Gasteiger partial charge in [0.1, 0.15) is 17.3 Å². The molecule has 0 bridgehead atoms. The number of hydrogen-bond acceptors (Lipinski definition) is 7. The SMILES string of the molecule is Cc1ccc(C(CNC(=O)Cc2nc(-c3cccs3)oc2C)N2CCOCC2)o1. The van der Waals surface area contributed by atoms with E-state index < -0.39 is 0 Å². The number of thiophene rings is 1. The van der Waals surface area contributed by atoms with Crippen LogP contribution in [-0.2, 0) is 16.0 Å². The Balaban J connectivity index is 1.40. The molecule has 1 aliphatic heterocycles. The molecule has 1 aliphatic rings. The zero-order valence-corrected chi connectivity index (χ0v) is 17.5. The van der Waals surface area contributed by atoms with Gasteiger partial charge in [-0.3, -0.25) is 9.69 Å². The van der Waals surface area contributed by atoms with Gasteiger partial charge in [-0.05, 0) is 37.4 Å². The van der Waals surface area contributed by atoms with Gasteiger partial charge in [0.2, 0.25) is 11.8 Å². The smallest absolute Gasteiger partial charge is 0.236 e. The monoisotopic (exact) mass is 415 g/mol. The molecule has 1 saturated heterocycles. The fourth-order valence-corrected chi connectivity index (χ4v) is 4.10. The lowest BCUT2D eigenvalue weighted by Crippen LogP contribution is -2.44. The minimum absolute atomic E-state index is 0.0170. The lowest BCUT2D eigenvalue weighted by Gasteiger charge is -2.33. The summed E-state index contributed by atoms with van der Waals surface area (Å²) < 4.78 is 17.1. The molecule has 0 saturated carbocycles. The van der Waals surface area contributed by atoms with E-state index in [1.165, 1.54) is 0 Å². The number of carbonyl (C=O) groups is 1. The summed E-state index contributed by atoms with van der Waals surface area (Å²) in [6, 6.07) is 7.83. The second-order valence-corrected chi connectivity index (χ2v) is 8.04. The maximum absolute atomic E-state index is 12.6. The second kappa shape index (κ2) is 8.94. The van der Waals surface area contributed by atoms with E-state index >= 15 is 0 Å². The van der Waals surface area contributed by atoms with Crippen LogP contribution in [0.15, 0.2) is 38.5 Å². The summed E-state index contributed by atoms with van der Waals surface area (Å²) >= 11 is 1.56. The van der Waals surface area contributed by atoms with Crippen LogP contribution in [0.5, 0.6) is 0 Å². The maximum atomic E-state index is 12.6. The number of amides is 1. The van der Waals surface area contributed by atoms with E-state index in [-0.39, 0.29) is 18.4 Å². The fourth-order valence-electron chi connectivity index (χ4n) is 3.45. The molecule has 7 nitrogen and oxygen atoms in total. The van der Waals surface area contributed by atoms with E-state index in [9.17, 15) is 4.79 Å². The third-order valence-electron chi connectivity index (χ3n) is 5.02. The number of nitrogens with one attached hydrogen (secondary N) is 1. The van der Waals surface area contributed by atoms with Crippen molar-refractivity contribution in [1.82, 2.24) is 15.2 Å². The van der Waals surface area contributed by atoms with Gasteiger partial charge >= 0.3 is 0 Å². The molecule has 0 radical (unpaired) electrons. The number of nitrogens with zero attached hydrogens (tertiary/aromatic N) is 2. The number of carbonyl (C=O) groups excluding carboxylic acids is 1. The summed E-state index contributed by atoms with van der Waals surface area (Å²) in [6.07, 6.45) is 0.188. The average Bonchev–Trinajstić information content (AvgIpc) is 3.46. The first-order valence-electron chi connectivity index (χ1n) is 9.75. The number of aryl methyl sites for hydroxylation is 2. The van der Waals surface area contributed by atoms with Crippen molar-refractivity contribution < 1.29 is 18.4 Å². The van der Waals surface area contributed by atoms with Gasteiger partial charge in [-0.15, -0.1) is 11.3 Å². The molecule has 8 heteroatoms. The molecular weight excluding hydrogens is 390 g/mol. The van der Waals surface area contributed by atoms with Crippen molar-refractivity contribution in [2.75, 3.05) is 32.8 Å². The highest BCUT2D eigenvalue weighted by Gasteiger charge is 2.26. The van der Waals surface area contributed by atoms with Crippen molar-refractivity contribution in [3.8, 4) is 10.8 Å². The molecule has 0 aromatic carbocycles. The molecule has 4 rings (SSSR count). The van der Waals surface area contributed by atoms with Crippen molar-refractivity contribution in [2.24, 2.45) is 0 Å². The summed E-state index contributed by atoms with van der Waals surface area (Å²) in [5.41, 5.74) is 0.669. The summed E-state index contributed by atoms with van der Waals surface area (Å²) in [5, 5.41) is 5.02. The van der Waals surface area contributed by atoms with Crippen LogP contribution in [-0.4, -0.2) is 48.6 Å². The van der Waals surface area contributed by atoms with Crippen molar-refractivity contribution >= 4 is 17.2 Å². The predicted molar refractivity (Wildman–Crippen MR) is 110 cm³/mol. The Morgan fingerprint density at radius 1 is 1.24 bits per heavy atom. The zero-order chi connectivity index (χ0) is 20.2. The molecule has 1 fully saturated rings. The molecule has 1 N–H and O–H groups in total. The zero-order valence-electron chi connectivity index (χ0n) is 16.6. The van der Waals surface area contributed by atoms with Crippen molar-refractivity contribution in [3.05, 3.63) is 52.6 Å². The van der Waals surface area contributed by atoms with Gasteiger partial charge < -0.3 is 18.9 Å². The molecule has 4 heterocycles. The Hall–Kier alpha value is -2.42. The number of oxazole rings is 1. The Kier molecular flexibility index (Phi) is 6.13. The van der Waals surface area contributed by atoms with E-state index in [1.807, 2.05) is 43.5 Å². The lowest BCUT2D eigenvalue weighted by molar-refractivity contribution is -0.120. The third kappa shape index (κ3) is 4.77. The fraction of sp³-hybridized carbons (Fsp3) is 0.429. The summed E-state index contributed by atoms with van der Waals surface area (Å²) in [7, 11) is 0. The van der Waals surface area contributed by atoms with Crippen LogP contribution >= 0.6 is 11.3 Å². The van der Waals surface area contributed by atoms with E-state index in [2.05, 4.69) is 15.2 Å². The minimum atomic E-state index is -0.0827. The topological polar surface area (TPSA) is 80.7 Å². The third-order valence-corrected chi connectivity index (χ3v) is 5.88. The number of ether oxygens (including phenoxy) is 1. The van der Waals surface area contributed by atoms with Gasteiger partial charge in [-0.1, -0.05) is 6.07 Å². The Labute approximate surface area is 173 Å². The van der Waals surface area contributed by atoms with Crippen LogP contribution in [0.4, 0.5) is 0 Å². The van der Waals surface area contributed by atoms with Crippen LogP contribution in [0.1, 0.15) is 29.0 Å². The Morgan fingerprint density at radius 2 is 2.07 bits per heavy atom. The molecule has 1 unspecified atom stereocenters. The van der Waals surface area contributed by atoms with Gasteiger partial charge in [0.15, 0.2) is 0 Å². The van der Waals surface area contributed by atoms with Crippen LogP contribution < -0.4 is 5.32 Å². The van der Waals surface area contributed by atoms with E-state index in [1.54, 1.807) is 11.3 Å². The quantitative estimate of drug-likeness (QED) is 0.637. The highest BCUT2D eigenvalue weighted by atomic mass is 32.1. The second-order valence-electron chi connectivity index (χ2n) is 7.09. The molecule has 0 spiro atoms. The normalized spacial score (nSPS) is 16.1. The van der Waals surface area contributed by atoms with Gasteiger partial charge in [0, 0.05) is 19.6 Å². The average molecular weight is 416 g/mol. The van der Waals surface area contributed by atoms with E-state index in [0.29, 0.717) is 37.1 Å². The maximum Gasteiger partial charge on any atom is 0.236 e. The van der Waals surface area contributed by atoms with E-state index in [0.717, 1.165) is 29.5 Å². The number of hydrogen-bond donors (Lipinski definition) is 1. The van der Waals surface area contributed by atoms with Gasteiger partial charge in [-0.25, -0.2) is 4.98 Å². The highest BCUT2D eigenvalue weighted by Crippen LogP contribution is 2.26. The molecule has 3 aromatic rings. The predicted octanol–water partition coefficient (Wildman–Crippen LogP) is 3.35. The lowest BCUT2D eigenvalue weighted by atomic mass is 10.1. The molecule has 3 aromatic heterocycles. The Bertz CT molecular complexity index is 941. The molecule has 1 atom stereocenters. The van der Waals surface area contributed by atoms with Gasteiger partial charge in [-0.2, -0.15) is 0 Å². The van der Waals surface area contributed by atoms with E-state index in [4.69, 9.17) is 13.6 Å². The molecule has 1 amide bonds. The number of aromatic nitrogens is 1. The van der Waals surface area contributed by atoms with Crippen LogP contribution in [0, 0.1) is 13.8 Å². The summed E-state index contributed by atoms with van der Waals surface area (Å²) in [4.78, 5) is 20.4. The molecule has 0 aliphatic carbocycles. The molecule has 154 valence electrons. The van der Waals surface area contributed by atoms with Crippen molar-refractivity contribution in [3.63, 3.8) is 0 Å². The van der Waals surface area contributed by atoms with Crippen LogP contribution in [0.2, 0.25) is 0 Å². The Morgan fingerprint density at radius 3 is 2.76 bits per heavy atom. The van der Waals surface area contributed by atoms with Gasteiger partial charge in [0.25, 0.3) is 0 Å². The van der Waals surface area contributed by atoms with Crippen molar-refractivity contribution in [1.29, 1.82) is 0 Å². The molecule has 29 heavy (non-hydrogen) atoms. The standard InChI is InChI=1S/C21H25N3O4S/c1-14-5-6-18(27-14)17(24-7-9-26-10-8-24)13-22-20(25)12-16-15(2)28-21(23-16)19-4-3-11-29-19/h3-6,11,17H,7-10,12-13H2,1-2H3,(H,22,25). The van der Waals surface area contributed by atoms with Gasteiger partial charge in [0.05, 0.1) is 36.2 Å². The first kappa shape index (κ1) is 19.9. The summed E-state index contributed by atoms with van der Waals surface area (Å²) in [6.45, 7) is 7.24. The number of morpholine rings is 1.